The molecule has 1 aromatic heterocycles. The average molecular weight is 276 g/mol. The molecule has 0 fully saturated rings. The summed E-state index contributed by atoms with van der Waals surface area (Å²) in [5.74, 6) is 0.230. The second-order valence-corrected chi connectivity index (χ2v) is 5.23. The molecule has 0 amide bonds. The Bertz CT molecular complexity index is 311. The van der Waals surface area contributed by atoms with E-state index in [1.54, 1.807) is 11.3 Å². The van der Waals surface area contributed by atoms with Crippen LogP contribution in [-0.2, 0) is 11.2 Å². The molecule has 14 heavy (non-hydrogen) atoms. The smallest absolute Gasteiger partial charge is 0.139 e. The van der Waals surface area contributed by atoms with Gasteiger partial charge < -0.3 is 5.73 Å². The van der Waals surface area contributed by atoms with E-state index in [1.807, 2.05) is 18.4 Å². The van der Waals surface area contributed by atoms with Gasteiger partial charge in [0.15, 0.2) is 0 Å². The first kappa shape index (κ1) is 11.9. The lowest BCUT2D eigenvalue weighted by molar-refractivity contribution is -0.118. The summed E-state index contributed by atoms with van der Waals surface area (Å²) in [6.45, 7) is 2.00. The summed E-state index contributed by atoms with van der Waals surface area (Å²) < 4.78 is 1.05. The number of halogens is 1. The SMILES string of the molecule is CCC(N)CC(=O)Cc1cc(Br)cs1. The molecule has 0 aliphatic carbocycles. The summed E-state index contributed by atoms with van der Waals surface area (Å²) in [7, 11) is 0. The molecule has 2 N–H and O–H groups in total. The predicted molar refractivity (Wildman–Crippen MR) is 63.6 cm³/mol. The second kappa shape index (κ2) is 5.63. The molecule has 0 saturated heterocycles. The van der Waals surface area contributed by atoms with Crippen LogP contribution in [0.3, 0.4) is 0 Å². The van der Waals surface area contributed by atoms with E-state index >= 15 is 0 Å². The first-order chi connectivity index (χ1) is 6.61. The fraction of sp³-hybridized carbons (Fsp3) is 0.500. The van der Waals surface area contributed by atoms with Gasteiger partial charge in [-0.05, 0) is 28.4 Å². The molecule has 0 aliphatic heterocycles. The highest BCUT2D eigenvalue weighted by Gasteiger charge is 2.09. The summed E-state index contributed by atoms with van der Waals surface area (Å²) in [5, 5.41) is 1.99. The van der Waals surface area contributed by atoms with Gasteiger partial charge in [-0.1, -0.05) is 6.92 Å². The van der Waals surface area contributed by atoms with Crippen LogP contribution < -0.4 is 5.73 Å². The van der Waals surface area contributed by atoms with E-state index < -0.39 is 0 Å². The Kier molecular flexibility index (Phi) is 4.78. The first-order valence-corrected chi connectivity index (χ1v) is 6.29. The van der Waals surface area contributed by atoms with Crippen LogP contribution >= 0.6 is 27.3 Å². The predicted octanol–water partition coefficient (Wildman–Crippen LogP) is 2.75. The monoisotopic (exact) mass is 275 g/mol. The van der Waals surface area contributed by atoms with E-state index in [-0.39, 0.29) is 11.8 Å². The molecule has 1 heterocycles. The maximum Gasteiger partial charge on any atom is 0.139 e. The van der Waals surface area contributed by atoms with Crippen molar-refractivity contribution >= 4 is 33.0 Å². The third kappa shape index (κ3) is 3.90. The van der Waals surface area contributed by atoms with Gasteiger partial charge in [-0.2, -0.15) is 0 Å². The minimum absolute atomic E-state index is 0.0194. The number of hydrogen-bond acceptors (Lipinski definition) is 3. The largest absolute Gasteiger partial charge is 0.327 e. The van der Waals surface area contributed by atoms with Crippen molar-refractivity contribution in [1.82, 2.24) is 0 Å². The van der Waals surface area contributed by atoms with Crippen molar-refractivity contribution < 1.29 is 4.79 Å². The molecule has 0 radical (unpaired) electrons. The van der Waals surface area contributed by atoms with Crippen molar-refractivity contribution in [3.8, 4) is 0 Å². The Morgan fingerprint density at radius 2 is 2.43 bits per heavy atom. The van der Waals surface area contributed by atoms with E-state index in [1.165, 1.54) is 0 Å². The summed E-state index contributed by atoms with van der Waals surface area (Å²) in [6, 6.07) is 2.01. The number of rotatable bonds is 5. The minimum atomic E-state index is 0.0194. The molecule has 78 valence electrons. The topological polar surface area (TPSA) is 43.1 Å². The van der Waals surface area contributed by atoms with Crippen LogP contribution in [0.2, 0.25) is 0 Å². The van der Waals surface area contributed by atoms with Crippen LogP contribution in [0.25, 0.3) is 0 Å². The number of carbonyl (C=O) groups is 1. The van der Waals surface area contributed by atoms with Crippen LogP contribution in [0, 0.1) is 0 Å². The van der Waals surface area contributed by atoms with Gasteiger partial charge in [0.25, 0.3) is 0 Å². The van der Waals surface area contributed by atoms with E-state index in [4.69, 9.17) is 5.73 Å². The molecular weight excluding hydrogens is 262 g/mol. The van der Waals surface area contributed by atoms with Crippen molar-refractivity contribution in [1.29, 1.82) is 0 Å². The summed E-state index contributed by atoms with van der Waals surface area (Å²) in [4.78, 5) is 12.6. The van der Waals surface area contributed by atoms with Gasteiger partial charge in [-0.15, -0.1) is 11.3 Å². The first-order valence-electron chi connectivity index (χ1n) is 4.62. The van der Waals surface area contributed by atoms with Crippen molar-refractivity contribution in [3.63, 3.8) is 0 Å². The normalized spacial score (nSPS) is 12.8. The van der Waals surface area contributed by atoms with Gasteiger partial charge in [-0.3, -0.25) is 4.79 Å². The van der Waals surface area contributed by atoms with E-state index in [0.717, 1.165) is 15.8 Å². The number of nitrogens with two attached hydrogens (primary N) is 1. The molecule has 0 spiro atoms. The van der Waals surface area contributed by atoms with Gasteiger partial charge in [0.05, 0.1) is 0 Å². The molecule has 1 unspecified atom stereocenters. The molecule has 2 nitrogen and oxygen atoms in total. The number of ketones is 1. The fourth-order valence-corrected chi connectivity index (χ4v) is 2.63. The summed E-state index contributed by atoms with van der Waals surface area (Å²) in [6.07, 6.45) is 1.87. The number of carbonyl (C=O) groups excluding carboxylic acids is 1. The maximum absolute atomic E-state index is 11.5. The Hall–Kier alpha value is -0.190. The zero-order valence-corrected chi connectivity index (χ0v) is 10.5. The van der Waals surface area contributed by atoms with Crippen molar-refractivity contribution in [3.05, 3.63) is 20.8 Å². The van der Waals surface area contributed by atoms with Gasteiger partial charge in [0, 0.05) is 33.6 Å². The van der Waals surface area contributed by atoms with E-state index in [2.05, 4.69) is 15.9 Å². The third-order valence-electron chi connectivity index (χ3n) is 2.01. The molecular formula is C10H14BrNOS. The van der Waals surface area contributed by atoms with Gasteiger partial charge >= 0.3 is 0 Å². The molecule has 1 rings (SSSR count). The highest BCUT2D eigenvalue weighted by Crippen LogP contribution is 2.20. The van der Waals surface area contributed by atoms with E-state index in [9.17, 15) is 4.79 Å². The zero-order chi connectivity index (χ0) is 10.6. The molecule has 4 heteroatoms. The van der Waals surface area contributed by atoms with Gasteiger partial charge in [0.2, 0.25) is 0 Å². The minimum Gasteiger partial charge on any atom is -0.327 e. The van der Waals surface area contributed by atoms with Gasteiger partial charge in [0.1, 0.15) is 5.78 Å². The molecule has 0 aliphatic rings. The maximum atomic E-state index is 11.5. The lowest BCUT2D eigenvalue weighted by atomic mass is 10.1. The highest BCUT2D eigenvalue weighted by molar-refractivity contribution is 9.10. The Morgan fingerprint density at radius 1 is 1.71 bits per heavy atom. The van der Waals surface area contributed by atoms with Gasteiger partial charge in [-0.25, -0.2) is 0 Å². The molecule has 0 aromatic carbocycles. The van der Waals surface area contributed by atoms with Crippen LogP contribution in [0.1, 0.15) is 24.6 Å². The Labute approximate surface area is 96.6 Å². The number of hydrogen-bond donors (Lipinski definition) is 1. The van der Waals surface area contributed by atoms with Crippen LogP contribution in [0.5, 0.6) is 0 Å². The van der Waals surface area contributed by atoms with Crippen LogP contribution in [-0.4, -0.2) is 11.8 Å². The standard InChI is InChI=1S/C10H14BrNOS/c1-2-8(12)4-9(13)5-10-3-7(11)6-14-10/h3,6,8H,2,4-5,12H2,1H3. The summed E-state index contributed by atoms with van der Waals surface area (Å²) >= 11 is 4.97. The lowest BCUT2D eigenvalue weighted by Gasteiger charge is -2.05. The van der Waals surface area contributed by atoms with Crippen LogP contribution in [0.15, 0.2) is 15.9 Å². The summed E-state index contributed by atoms with van der Waals surface area (Å²) in [5.41, 5.74) is 5.71. The van der Waals surface area contributed by atoms with Crippen molar-refractivity contribution in [2.75, 3.05) is 0 Å². The molecule has 1 aromatic rings. The quantitative estimate of drug-likeness (QED) is 0.898. The molecule has 0 bridgehead atoms. The lowest BCUT2D eigenvalue weighted by Crippen LogP contribution is -2.23. The van der Waals surface area contributed by atoms with Crippen molar-refractivity contribution in [2.24, 2.45) is 5.73 Å². The zero-order valence-electron chi connectivity index (χ0n) is 8.13. The number of thiophene rings is 1. The average Bonchev–Trinajstić information content (AvgIpc) is 2.50. The van der Waals surface area contributed by atoms with E-state index in [0.29, 0.717) is 12.8 Å². The second-order valence-electron chi connectivity index (χ2n) is 3.32. The van der Waals surface area contributed by atoms with Crippen LogP contribution in [0.4, 0.5) is 0 Å². The molecule has 0 saturated carbocycles. The third-order valence-corrected chi connectivity index (χ3v) is 3.71. The molecule has 1 atom stereocenters. The highest BCUT2D eigenvalue weighted by atomic mass is 79.9. The fourth-order valence-electron chi connectivity index (χ4n) is 1.15. The number of Topliss-reactive ketones (excluding diaryl/α,β-unsaturated/α-hetero) is 1. The Balaban J connectivity index is 2.41. The van der Waals surface area contributed by atoms with Crippen molar-refractivity contribution in [2.45, 2.75) is 32.2 Å². The Morgan fingerprint density at radius 3 is 2.93 bits per heavy atom.